The average molecular weight is 256 g/mol. The molecule has 0 atom stereocenters. The van der Waals surface area contributed by atoms with Gasteiger partial charge in [0.25, 0.3) is 0 Å². The topological polar surface area (TPSA) is 74.7 Å². The van der Waals surface area contributed by atoms with Crippen molar-refractivity contribution in [3.63, 3.8) is 0 Å². The van der Waals surface area contributed by atoms with Crippen molar-refractivity contribution in [1.29, 1.82) is 5.26 Å². The third-order valence-corrected chi connectivity index (χ3v) is 2.58. The van der Waals surface area contributed by atoms with E-state index < -0.39 is 0 Å². The first-order valence-electron chi connectivity index (χ1n) is 6.05. The SMILES string of the molecule is CC(C)(C)c1cnc(CNc2cccc(C#N)n2)o1. The summed E-state index contributed by atoms with van der Waals surface area (Å²) < 4.78 is 5.66. The molecule has 0 bridgehead atoms. The van der Waals surface area contributed by atoms with Crippen molar-refractivity contribution < 1.29 is 4.42 Å². The van der Waals surface area contributed by atoms with E-state index in [9.17, 15) is 0 Å². The van der Waals surface area contributed by atoms with E-state index in [1.807, 2.05) is 6.07 Å². The number of anilines is 1. The molecule has 2 rings (SSSR count). The Labute approximate surface area is 112 Å². The van der Waals surface area contributed by atoms with E-state index in [0.717, 1.165) is 5.76 Å². The molecule has 2 heterocycles. The van der Waals surface area contributed by atoms with Crippen LogP contribution >= 0.6 is 0 Å². The van der Waals surface area contributed by atoms with Gasteiger partial charge in [0.1, 0.15) is 23.3 Å². The third-order valence-electron chi connectivity index (χ3n) is 2.58. The van der Waals surface area contributed by atoms with Gasteiger partial charge in [-0.05, 0) is 12.1 Å². The summed E-state index contributed by atoms with van der Waals surface area (Å²) in [7, 11) is 0. The molecule has 0 amide bonds. The maximum atomic E-state index is 8.77. The van der Waals surface area contributed by atoms with E-state index in [2.05, 4.69) is 36.1 Å². The number of nitrogens with zero attached hydrogens (tertiary/aromatic N) is 3. The van der Waals surface area contributed by atoms with Crippen molar-refractivity contribution in [2.45, 2.75) is 32.7 Å². The standard InChI is InChI=1S/C14H16N4O/c1-14(2,3)11-8-17-13(19-11)9-16-12-6-4-5-10(7-15)18-12/h4-6,8H,9H2,1-3H3,(H,16,18). The second kappa shape index (κ2) is 5.11. The number of hydrogen-bond acceptors (Lipinski definition) is 5. The quantitative estimate of drug-likeness (QED) is 0.913. The number of oxazole rings is 1. The summed E-state index contributed by atoms with van der Waals surface area (Å²) in [5.74, 6) is 2.09. The summed E-state index contributed by atoms with van der Waals surface area (Å²) in [5, 5.41) is 11.9. The fourth-order valence-electron chi connectivity index (χ4n) is 1.50. The number of nitrogens with one attached hydrogen (secondary N) is 1. The summed E-state index contributed by atoms with van der Waals surface area (Å²) in [5.41, 5.74) is 0.331. The molecule has 0 radical (unpaired) electrons. The molecule has 0 unspecified atom stereocenters. The van der Waals surface area contributed by atoms with Crippen LogP contribution in [0.25, 0.3) is 0 Å². The summed E-state index contributed by atoms with van der Waals surface area (Å²) >= 11 is 0. The van der Waals surface area contributed by atoms with Gasteiger partial charge in [-0.25, -0.2) is 9.97 Å². The molecule has 5 nitrogen and oxygen atoms in total. The minimum Gasteiger partial charge on any atom is -0.443 e. The van der Waals surface area contributed by atoms with Crippen LogP contribution in [0.1, 0.15) is 38.1 Å². The van der Waals surface area contributed by atoms with Gasteiger partial charge in [-0.2, -0.15) is 5.26 Å². The minimum absolute atomic E-state index is 0.0514. The Morgan fingerprint density at radius 1 is 1.37 bits per heavy atom. The lowest BCUT2D eigenvalue weighted by Gasteiger charge is -2.13. The van der Waals surface area contributed by atoms with Crippen molar-refractivity contribution in [2.75, 3.05) is 5.32 Å². The van der Waals surface area contributed by atoms with Crippen molar-refractivity contribution >= 4 is 5.82 Å². The van der Waals surface area contributed by atoms with Crippen LogP contribution in [0, 0.1) is 11.3 Å². The van der Waals surface area contributed by atoms with Crippen LogP contribution in [0.3, 0.4) is 0 Å². The molecule has 0 aliphatic heterocycles. The van der Waals surface area contributed by atoms with Crippen molar-refractivity contribution in [3.8, 4) is 6.07 Å². The van der Waals surface area contributed by atoms with Gasteiger partial charge in [0, 0.05) is 5.41 Å². The van der Waals surface area contributed by atoms with E-state index in [0.29, 0.717) is 23.9 Å². The second-order valence-corrected chi connectivity index (χ2v) is 5.24. The van der Waals surface area contributed by atoms with Gasteiger partial charge in [-0.3, -0.25) is 0 Å². The number of pyridine rings is 1. The zero-order chi connectivity index (χ0) is 13.9. The number of nitriles is 1. The van der Waals surface area contributed by atoms with Crippen LogP contribution in [0.15, 0.2) is 28.8 Å². The van der Waals surface area contributed by atoms with Crippen molar-refractivity contribution in [3.05, 3.63) is 41.7 Å². The Kier molecular flexibility index (Phi) is 3.52. The van der Waals surface area contributed by atoms with Crippen molar-refractivity contribution in [1.82, 2.24) is 9.97 Å². The highest BCUT2D eigenvalue weighted by molar-refractivity contribution is 5.38. The van der Waals surface area contributed by atoms with Gasteiger partial charge in [0.15, 0.2) is 0 Å². The van der Waals surface area contributed by atoms with Crippen molar-refractivity contribution in [2.24, 2.45) is 0 Å². The van der Waals surface area contributed by atoms with E-state index in [1.54, 1.807) is 24.4 Å². The second-order valence-electron chi connectivity index (χ2n) is 5.24. The van der Waals surface area contributed by atoms with Gasteiger partial charge in [-0.15, -0.1) is 0 Å². The largest absolute Gasteiger partial charge is 0.443 e. The molecule has 0 saturated carbocycles. The van der Waals surface area contributed by atoms with Crippen LogP contribution in [-0.2, 0) is 12.0 Å². The highest BCUT2D eigenvalue weighted by Gasteiger charge is 2.18. The van der Waals surface area contributed by atoms with Gasteiger partial charge < -0.3 is 9.73 Å². The lowest BCUT2D eigenvalue weighted by molar-refractivity contribution is 0.385. The third kappa shape index (κ3) is 3.32. The van der Waals surface area contributed by atoms with Crippen LogP contribution in [0.2, 0.25) is 0 Å². The molecule has 0 fully saturated rings. The lowest BCUT2D eigenvalue weighted by atomic mass is 9.94. The normalized spacial score (nSPS) is 11.1. The van der Waals surface area contributed by atoms with Crippen LogP contribution < -0.4 is 5.32 Å². The first kappa shape index (κ1) is 13.1. The highest BCUT2D eigenvalue weighted by atomic mass is 16.4. The Morgan fingerprint density at radius 3 is 2.79 bits per heavy atom. The predicted molar refractivity (Wildman–Crippen MR) is 71.5 cm³/mol. The van der Waals surface area contributed by atoms with Gasteiger partial charge in [0.05, 0.1) is 12.7 Å². The molecule has 0 aliphatic rings. The predicted octanol–water partition coefficient (Wildman–Crippen LogP) is 2.85. The lowest BCUT2D eigenvalue weighted by Crippen LogP contribution is -2.09. The van der Waals surface area contributed by atoms with E-state index >= 15 is 0 Å². The number of hydrogen-bond donors (Lipinski definition) is 1. The zero-order valence-electron chi connectivity index (χ0n) is 11.3. The molecule has 2 aromatic rings. The molecule has 98 valence electrons. The molecule has 19 heavy (non-hydrogen) atoms. The summed E-state index contributed by atoms with van der Waals surface area (Å²) in [4.78, 5) is 8.34. The molecule has 5 heteroatoms. The fraction of sp³-hybridized carbons (Fsp3) is 0.357. The summed E-state index contributed by atoms with van der Waals surface area (Å²) in [6.45, 7) is 6.66. The molecular weight excluding hydrogens is 240 g/mol. The molecule has 1 N–H and O–H groups in total. The summed E-state index contributed by atoms with van der Waals surface area (Å²) in [6, 6.07) is 7.24. The first-order chi connectivity index (χ1) is 8.99. The Hall–Kier alpha value is -2.35. The zero-order valence-corrected chi connectivity index (χ0v) is 11.3. The molecule has 0 spiro atoms. The Morgan fingerprint density at radius 2 is 2.16 bits per heavy atom. The van der Waals surface area contributed by atoms with Gasteiger partial charge >= 0.3 is 0 Å². The minimum atomic E-state index is -0.0514. The van der Waals surface area contributed by atoms with E-state index in [-0.39, 0.29) is 5.41 Å². The summed E-state index contributed by atoms with van der Waals surface area (Å²) in [6.07, 6.45) is 1.75. The first-order valence-corrected chi connectivity index (χ1v) is 6.05. The average Bonchev–Trinajstić information content (AvgIpc) is 2.85. The fourth-order valence-corrected chi connectivity index (χ4v) is 1.50. The van der Waals surface area contributed by atoms with E-state index in [4.69, 9.17) is 9.68 Å². The van der Waals surface area contributed by atoms with Gasteiger partial charge in [0.2, 0.25) is 5.89 Å². The monoisotopic (exact) mass is 256 g/mol. The molecule has 0 aliphatic carbocycles. The highest BCUT2D eigenvalue weighted by Crippen LogP contribution is 2.22. The van der Waals surface area contributed by atoms with E-state index in [1.165, 1.54) is 0 Å². The molecule has 2 aromatic heterocycles. The van der Waals surface area contributed by atoms with Gasteiger partial charge in [-0.1, -0.05) is 26.8 Å². The van der Waals surface area contributed by atoms with Crippen LogP contribution in [-0.4, -0.2) is 9.97 Å². The van der Waals surface area contributed by atoms with Crippen LogP contribution in [0.5, 0.6) is 0 Å². The molecule has 0 aromatic carbocycles. The Balaban J connectivity index is 2.03. The smallest absolute Gasteiger partial charge is 0.213 e. The maximum Gasteiger partial charge on any atom is 0.213 e. The number of aromatic nitrogens is 2. The molecule has 0 saturated heterocycles. The number of rotatable bonds is 3. The maximum absolute atomic E-state index is 8.77. The Bertz CT molecular complexity index is 604. The molecular formula is C14H16N4O. The van der Waals surface area contributed by atoms with Crippen LogP contribution in [0.4, 0.5) is 5.82 Å².